The Labute approximate surface area is 55.8 Å². The first-order valence-electron chi connectivity index (χ1n) is 2.82. The van der Waals surface area contributed by atoms with E-state index in [0.29, 0.717) is 11.0 Å². The van der Waals surface area contributed by atoms with Crippen molar-refractivity contribution in [3.8, 4) is 0 Å². The Morgan fingerprint density at radius 2 is 2.50 bits per heavy atom. The Bertz CT molecular complexity index is 453. The van der Waals surface area contributed by atoms with Gasteiger partial charge >= 0.3 is 0 Å². The Balaban J connectivity index is 3.24. The molecule has 4 nitrogen and oxygen atoms in total. The Hall–Kier alpha value is -1.58. The third kappa shape index (κ3) is 0.452. The van der Waals surface area contributed by atoms with Gasteiger partial charge in [0.1, 0.15) is 17.3 Å². The molecule has 2 aromatic heterocycles. The van der Waals surface area contributed by atoms with E-state index in [-0.39, 0.29) is 5.56 Å². The quantitative estimate of drug-likeness (QED) is 0.511. The molecule has 0 saturated heterocycles. The third-order valence-electron chi connectivity index (χ3n) is 1.43. The summed E-state index contributed by atoms with van der Waals surface area (Å²) in [5.74, 6) is 0. The number of hydrogen-bond acceptors (Lipinski definition) is 2. The van der Waals surface area contributed by atoms with E-state index in [2.05, 4.69) is 16.5 Å². The van der Waals surface area contributed by atoms with Gasteiger partial charge in [-0.05, 0) is 0 Å². The summed E-state index contributed by atoms with van der Waals surface area (Å²) in [5.41, 5.74) is 0.535. The number of fused-ring (bicyclic) bond motifs is 1. The minimum absolute atomic E-state index is 0.155. The lowest BCUT2D eigenvalue weighted by Gasteiger charge is -1.74. The van der Waals surface area contributed by atoms with Gasteiger partial charge in [0.05, 0.1) is 6.20 Å². The number of imidazole rings is 2. The molecule has 0 amide bonds. The van der Waals surface area contributed by atoms with Crippen LogP contribution in [0.1, 0.15) is 0 Å². The molecule has 2 aromatic rings. The molecule has 4 heteroatoms. The van der Waals surface area contributed by atoms with Gasteiger partial charge < -0.3 is 4.98 Å². The predicted molar refractivity (Wildman–Crippen MR) is 36.6 cm³/mol. The molecule has 0 unspecified atom stereocenters. The maximum atomic E-state index is 10.8. The molecule has 0 saturated carbocycles. The summed E-state index contributed by atoms with van der Waals surface area (Å²) in [7, 11) is 0. The number of nitrogens with zero attached hydrogens (tertiary/aromatic N) is 2. The molecule has 50 valence electrons. The minimum atomic E-state index is -0.155. The summed E-state index contributed by atoms with van der Waals surface area (Å²) in [6.45, 7) is 3.56. The number of H-pyrrole nitrogens is 1. The second kappa shape index (κ2) is 1.47. The van der Waals surface area contributed by atoms with Crippen molar-refractivity contribution in [3.63, 3.8) is 0 Å². The van der Waals surface area contributed by atoms with Gasteiger partial charge in [-0.1, -0.05) is 6.58 Å². The van der Waals surface area contributed by atoms with Crippen LogP contribution in [-0.4, -0.2) is 14.4 Å². The van der Waals surface area contributed by atoms with Crippen molar-refractivity contribution < 1.29 is 0 Å². The number of aromatic amines is 1. The fraction of sp³-hybridized carbons (Fsp3) is 0. The second-order valence-electron chi connectivity index (χ2n) is 2.05. The highest BCUT2D eigenvalue weighted by Crippen LogP contribution is 1.86. The lowest BCUT2D eigenvalue weighted by atomic mass is 10.7. The molecule has 2 heterocycles. The van der Waals surface area contributed by atoms with E-state index in [1.54, 1.807) is 16.9 Å². The van der Waals surface area contributed by atoms with Gasteiger partial charge in [0.15, 0.2) is 0 Å². The standard InChI is InChI=1S/C6H5N3O/c1-4-6(10)8-5-2-7-3-9(4)5/h2-3H,1H2,(H,8,10). The first kappa shape index (κ1) is 5.22. The molecule has 0 radical (unpaired) electrons. The van der Waals surface area contributed by atoms with Crippen molar-refractivity contribution in [3.05, 3.63) is 28.2 Å². The molecule has 1 N–H and O–H groups in total. The Morgan fingerprint density at radius 1 is 1.70 bits per heavy atom. The van der Waals surface area contributed by atoms with Crippen LogP contribution in [0.15, 0.2) is 17.3 Å². The van der Waals surface area contributed by atoms with Gasteiger partial charge in [0, 0.05) is 0 Å². The van der Waals surface area contributed by atoms with E-state index in [1.807, 2.05) is 0 Å². The van der Waals surface area contributed by atoms with Crippen LogP contribution in [0.3, 0.4) is 0 Å². The largest absolute Gasteiger partial charge is 0.305 e. The third-order valence-corrected chi connectivity index (χ3v) is 1.43. The summed E-state index contributed by atoms with van der Waals surface area (Å²) >= 11 is 0. The summed E-state index contributed by atoms with van der Waals surface area (Å²) in [6, 6.07) is 0. The lowest BCUT2D eigenvalue weighted by molar-refractivity contribution is 1.12. The highest BCUT2D eigenvalue weighted by Gasteiger charge is 1.97. The molecule has 0 aliphatic rings. The van der Waals surface area contributed by atoms with Crippen LogP contribution in [0.4, 0.5) is 0 Å². The zero-order chi connectivity index (χ0) is 7.14. The van der Waals surface area contributed by atoms with E-state index in [9.17, 15) is 4.79 Å². The lowest BCUT2D eigenvalue weighted by Crippen LogP contribution is -2.23. The molecule has 0 spiro atoms. The summed E-state index contributed by atoms with van der Waals surface area (Å²) in [5, 5.41) is 0.424. The van der Waals surface area contributed by atoms with Gasteiger partial charge in [-0.3, -0.25) is 9.20 Å². The molecule has 10 heavy (non-hydrogen) atoms. The first-order valence-corrected chi connectivity index (χ1v) is 2.82. The summed E-state index contributed by atoms with van der Waals surface area (Å²) in [6.07, 6.45) is 3.13. The molecule has 0 aromatic carbocycles. The fourth-order valence-corrected chi connectivity index (χ4v) is 0.900. The van der Waals surface area contributed by atoms with E-state index in [0.717, 1.165) is 0 Å². The molecule has 0 atom stereocenters. The molecular formula is C6H5N3O. The van der Waals surface area contributed by atoms with Crippen molar-refractivity contribution in [1.82, 2.24) is 14.4 Å². The van der Waals surface area contributed by atoms with Crippen LogP contribution in [-0.2, 0) is 0 Å². The van der Waals surface area contributed by atoms with Crippen molar-refractivity contribution in [2.45, 2.75) is 0 Å². The predicted octanol–water partition coefficient (Wildman–Crippen LogP) is -0.848. The smallest absolute Gasteiger partial charge is 0.273 e. The van der Waals surface area contributed by atoms with Crippen LogP contribution in [0.25, 0.3) is 12.2 Å². The molecule has 0 bridgehead atoms. The highest BCUT2D eigenvalue weighted by atomic mass is 16.1. The van der Waals surface area contributed by atoms with E-state index in [1.165, 1.54) is 0 Å². The maximum absolute atomic E-state index is 10.8. The van der Waals surface area contributed by atoms with Crippen LogP contribution >= 0.6 is 0 Å². The zero-order valence-electron chi connectivity index (χ0n) is 5.16. The van der Waals surface area contributed by atoms with E-state index < -0.39 is 0 Å². The van der Waals surface area contributed by atoms with E-state index in [4.69, 9.17) is 0 Å². The average molecular weight is 135 g/mol. The van der Waals surface area contributed by atoms with Crippen molar-refractivity contribution >= 4 is 12.2 Å². The summed E-state index contributed by atoms with van der Waals surface area (Å²) in [4.78, 5) is 17.2. The normalized spacial score (nSPS) is 10.8. The molecule has 0 fully saturated rings. The molecule has 0 aliphatic carbocycles. The van der Waals surface area contributed by atoms with Gasteiger partial charge in [0.2, 0.25) is 0 Å². The zero-order valence-corrected chi connectivity index (χ0v) is 5.16. The second-order valence-corrected chi connectivity index (χ2v) is 2.05. The van der Waals surface area contributed by atoms with Gasteiger partial charge in [0.25, 0.3) is 5.56 Å². The highest BCUT2D eigenvalue weighted by molar-refractivity contribution is 5.35. The van der Waals surface area contributed by atoms with Crippen molar-refractivity contribution in [2.24, 2.45) is 0 Å². The Morgan fingerprint density at radius 3 is 3.20 bits per heavy atom. The molecule has 0 aliphatic heterocycles. The van der Waals surface area contributed by atoms with E-state index >= 15 is 0 Å². The number of aromatic nitrogens is 3. The number of nitrogens with one attached hydrogen (secondary N) is 1. The van der Waals surface area contributed by atoms with Crippen LogP contribution in [0.2, 0.25) is 0 Å². The van der Waals surface area contributed by atoms with Crippen LogP contribution in [0.5, 0.6) is 0 Å². The molecular weight excluding hydrogens is 130 g/mol. The SMILES string of the molecule is C=c1c(=O)[nH]c2cncn12. The van der Waals surface area contributed by atoms with Crippen molar-refractivity contribution in [2.75, 3.05) is 0 Å². The van der Waals surface area contributed by atoms with Gasteiger partial charge in [-0.25, -0.2) is 4.98 Å². The first-order chi connectivity index (χ1) is 4.79. The van der Waals surface area contributed by atoms with Gasteiger partial charge in [-0.2, -0.15) is 0 Å². The Kier molecular flexibility index (Phi) is 0.768. The van der Waals surface area contributed by atoms with Crippen LogP contribution < -0.4 is 10.9 Å². The minimum Gasteiger partial charge on any atom is -0.305 e. The average Bonchev–Trinajstić information content (AvgIpc) is 2.41. The topological polar surface area (TPSA) is 50.2 Å². The van der Waals surface area contributed by atoms with Crippen LogP contribution in [0, 0.1) is 0 Å². The maximum Gasteiger partial charge on any atom is 0.273 e. The van der Waals surface area contributed by atoms with Gasteiger partial charge in [-0.15, -0.1) is 0 Å². The summed E-state index contributed by atoms with van der Waals surface area (Å²) < 4.78 is 1.61. The monoisotopic (exact) mass is 135 g/mol. The van der Waals surface area contributed by atoms with Crippen molar-refractivity contribution in [1.29, 1.82) is 0 Å². The fourth-order valence-electron chi connectivity index (χ4n) is 0.900. The molecule has 2 rings (SSSR count). The number of hydrogen-bond donors (Lipinski definition) is 1. The number of rotatable bonds is 0.